The molecule has 0 radical (unpaired) electrons. The van der Waals surface area contributed by atoms with Crippen molar-refractivity contribution >= 4 is 11.3 Å². The number of benzene rings is 2. The number of unbranched alkanes of at least 4 members (excludes halogenated alkanes) is 26. The van der Waals surface area contributed by atoms with Gasteiger partial charge in [-0.1, -0.05) is 181 Å². The lowest BCUT2D eigenvalue weighted by Gasteiger charge is -2.07. The lowest BCUT2D eigenvalue weighted by Crippen LogP contribution is -1.97. The van der Waals surface area contributed by atoms with E-state index >= 15 is 0 Å². The molecule has 2 N–H and O–H groups in total. The number of thiophene rings is 1. The van der Waals surface area contributed by atoms with E-state index in [0.29, 0.717) is 0 Å². The van der Waals surface area contributed by atoms with Crippen molar-refractivity contribution in [3.8, 4) is 55.2 Å². The minimum absolute atomic E-state index is 0.781. The lowest BCUT2D eigenvalue weighted by molar-refractivity contribution is 0.304. The normalized spacial score (nSPS) is 11.4. The van der Waals surface area contributed by atoms with Crippen LogP contribution in [0, 0.1) is 0 Å². The summed E-state index contributed by atoms with van der Waals surface area (Å²) in [5.41, 5.74) is 6.03. The molecule has 0 amide bonds. The van der Waals surface area contributed by atoms with Gasteiger partial charge in [-0.15, -0.1) is 11.3 Å². The molecule has 0 saturated carbocycles. The van der Waals surface area contributed by atoms with E-state index < -0.39 is 0 Å². The SMILES string of the molecule is CCCCCCCCCCCCCCCCOc1ccc(-c2cc(-c3ccc(-c4cc(-c5ccc(OCCCCCCCCCCCCCCCC)cc5)n[nH]4)s3)[nH]n2)cc1. The number of H-pyrrole nitrogens is 2. The smallest absolute Gasteiger partial charge is 0.119 e. The molecule has 0 aliphatic heterocycles. The first-order chi connectivity index (χ1) is 30.2. The van der Waals surface area contributed by atoms with Gasteiger partial charge in [-0.25, -0.2) is 0 Å². The number of hydrogen-bond acceptors (Lipinski definition) is 5. The van der Waals surface area contributed by atoms with Gasteiger partial charge in [-0.3, -0.25) is 10.2 Å². The van der Waals surface area contributed by atoms with Crippen LogP contribution < -0.4 is 9.47 Å². The summed E-state index contributed by atoms with van der Waals surface area (Å²) in [6, 6.07) is 25.2. The number of aromatic nitrogens is 4. The van der Waals surface area contributed by atoms with E-state index in [0.717, 1.165) is 81.2 Å². The largest absolute Gasteiger partial charge is 0.494 e. The fraction of sp³-hybridized carbons (Fsp3) is 0.593. The number of aromatic amines is 2. The molecular formula is C54H80N4O2S. The third-order valence-electron chi connectivity index (χ3n) is 12.1. The molecule has 0 atom stereocenters. The fourth-order valence-electron chi connectivity index (χ4n) is 8.24. The summed E-state index contributed by atoms with van der Waals surface area (Å²) in [6.45, 7) is 6.14. The molecule has 3 aromatic heterocycles. The summed E-state index contributed by atoms with van der Waals surface area (Å²) in [5, 5.41) is 15.8. The molecule has 7 heteroatoms. The van der Waals surface area contributed by atoms with Crippen LogP contribution in [0.15, 0.2) is 72.8 Å². The number of hydrogen-bond donors (Lipinski definition) is 2. The Labute approximate surface area is 374 Å². The van der Waals surface area contributed by atoms with Crippen molar-refractivity contribution in [2.45, 2.75) is 194 Å². The number of nitrogens with one attached hydrogen (secondary N) is 2. The third kappa shape index (κ3) is 19.0. The van der Waals surface area contributed by atoms with E-state index in [1.165, 1.54) is 167 Å². The molecule has 3 heterocycles. The summed E-state index contributed by atoms with van der Waals surface area (Å²) in [5.74, 6) is 1.85. The van der Waals surface area contributed by atoms with Gasteiger partial charge in [0.05, 0.1) is 45.7 Å². The molecule has 6 nitrogen and oxygen atoms in total. The van der Waals surface area contributed by atoms with Crippen LogP contribution in [0.25, 0.3) is 43.7 Å². The minimum Gasteiger partial charge on any atom is -0.494 e. The predicted molar refractivity (Wildman–Crippen MR) is 262 cm³/mol. The van der Waals surface area contributed by atoms with Crippen molar-refractivity contribution in [2.24, 2.45) is 0 Å². The molecule has 0 fully saturated rings. The minimum atomic E-state index is 0.781. The maximum atomic E-state index is 6.07. The van der Waals surface area contributed by atoms with Crippen LogP contribution in [0.3, 0.4) is 0 Å². The van der Waals surface area contributed by atoms with Crippen LogP contribution in [-0.4, -0.2) is 33.6 Å². The first-order valence-electron chi connectivity index (χ1n) is 24.9. The van der Waals surface area contributed by atoms with E-state index in [2.05, 4.69) is 107 Å². The summed E-state index contributed by atoms with van der Waals surface area (Å²) >= 11 is 1.73. The Hall–Kier alpha value is -3.84. The van der Waals surface area contributed by atoms with Crippen molar-refractivity contribution < 1.29 is 9.47 Å². The van der Waals surface area contributed by atoms with E-state index in [9.17, 15) is 0 Å². The first kappa shape index (κ1) is 48.2. The molecular weight excluding hydrogens is 769 g/mol. The molecule has 0 unspecified atom stereocenters. The Kier molecular flexibility index (Phi) is 23.9. The molecule has 0 aliphatic carbocycles. The lowest BCUT2D eigenvalue weighted by atomic mass is 10.0. The van der Waals surface area contributed by atoms with Gasteiger partial charge < -0.3 is 9.47 Å². The van der Waals surface area contributed by atoms with Crippen molar-refractivity contribution in [2.75, 3.05) is 13.2 Å². The van der Waals surface area contributed by atoms with Gasteiger partial charge in [-0.05, 0) is 85.6 Å². The van der Waals surface area contributed by atoms with E-state index in [-0.39, 0.29) is 0 Å². The number of nitrogens with zero attached hydrogens (tertiary/aromatic N) is 2. The molecule has 5 aromatic rings. The highest BCUT2D eigenvalue weighted by Gasteiger charge is 2.13. The molecule has 334 valence electrons. The highest BCUT2D eigenvalue weighted by Crippen LogP contribution is 2.36. The Bertz CT molecular complexity index is 1680. The zero-order valence-electron chi connectivity index (χ0n) is 38.3. The summed E-state index contributed by atoms with van der Waals surface area (Å²) in [4.78, 5) is 2.27. The Morgan fingerprint density at radius 1 is 0.377 bits per heavy atom. The van der Waals surface area contributed by atoms with Crippen LogP contribution in [0.1, 0.15) is 194 Å². The quantitative estimate of drug-likeness (QED) is 0.0394. The maximum absolute atomic E-state index is 6.07. The highest BCUT2D eigenvalue weighted by molar-refractivity contribution is 7.18. The predicted octanol–water partition coefficient (Wildman–Crippen LogP) is 17.6. The molecule has 5 rings (SSSR count). The van der Waals surface area contributed by atoms with Crippen molar-refractivity contribution in [1.29, 1.82) is 0 Å². The van der Waals surface area contributed by atoms with Gasteiger partial charge in [0, 0.05) is 11.1 Å². The van der Waals surface area contributed by atoms with Gasteiger partial charge in [0.15, 0.2) is 0 Å². The van der Waals surface area contributed by atoms with E-state index in [1.54, 1.807) is 11.3 Å². The van der Waals surface area contributed by atoms with Crippen molar-refractivity contribution in [3.63, 3.8) is 0 Å². The van der Waals surface area contributed by atoms with Gasteiger partial charge in [0.1, 0.15) is 11.5 Å². The summed E-state index contributed by atoms with van der Waals surface area (Å²) in [6.07, 6.45) is 38.3. The van der Waals surface area contributed by atoms with Gasteiger partial charge in [-0.2, -0.15) is 10.2 Å². The molecule has 0 saturated heterocycles. The fourth-order valence-corrected chi connectivity index (χ4v) is 9.17. The van der Waals surface area contributed by atoms with Crippen molar-refractivity contribution in [3.05, 3.63) is 72.8 Å². The first-order valence-corrected chi connectivity index (χ1v) is 25.7. The van der Waals surface area contributed by atoms with E-state index in [1.807, 2.05) is 0 Å². The monoisotopic (exact) mass is 849 g/mol. The molecule has 0 bridgehead atoms. The molecule has 0 spiro atoms. The van der Waals surface area contributed by atoms with Gasteiger partial charge >= 0.3 is 0 Å². The van der Waals surface area contributed by atoms with Crippen LogP contribution in [0.2, 0.25) is 0 Å². The Morgan fingerprint density at radius 2 is 0.672 bits per heavy atom. The Balaban J connectivity index is 0.924. The average molecular weight is 849 g/mol. The Morgan fingerprint density at radius 3 is 0.984 bits per heavy atom. The summed E-state index contributed by atoms with van der Waals surface area (Å²) < 4.78 is 12.1. The second-order valence-electron chi connectivity index (χ2n) is 17.4. The second-order valence-corrected chi connectivity index (χ2v) is 18.5. The maximum Gasteiger partial charge on any atom is 0.119 e. The number of rotatable bonds is 36. The van der Waals surface area contributed by atoms with Crippen molar-refractivity contribution in [1.82, 2.24) is 20.4 Å². The van der Waals surface area contributed by atoms with Gasteiger partial charge in [0.2, 0.25) is 0 Å². The number of ether oxygens (including phenoxy) is 2. The molecule has 61 heavy (non-hydrogen) atoms. The second kappa shape index (κ2) is 30.2. The zero-order chi connectivity index (χ0) is 42.4. The van der Waals surface area contributed by atoms with E-state index in [4.69, 9.17) is 9.47 Å². The average Bonchev–Trinajstić information content (AvgIpc) is 4.09. The molecule has 0 aliphatic rings. The van der Waals surface area contributed by atoms with Gasteiger partial charge in [0.25, 0.3) is 0 Å². The zero-order valence-corrected chi connectivity index (χ0v) is 39.1. The summed E-state index contributed by atoms with van der Waals surface area (Å²) in [7, 11) is 0. The van der Waals surface area contributed by atoms with Crippen LogP contribution >= 0.6 is 11.3 Å². The van der Waals surface area contributed by atoms with Crippen LogP contribution in [0.4, 0.5) is 0 Å². The highest BCUT2D eigenvalue weighted by atomic mass is 32.1. The van der Waals surface area contributed by atoms with Crippen LogP contribution in [-0.2, 0) is 0 Å². The molecule has 2 aromatic carbocycles. The van der Waals surface area contributed by atoms with Crippen LogP contribution in [0.5, 0.6) is 11.5 Å². The topological polar surface area (TPSA) is 75.8 Å². The third-order valence-corrected chi connectivity index (χ3v) is 13.3. The standard InChI is InChI=1S/C54H80N4O2S/c1-3-5-7-9-11-13-15-17-19-21-23-25-27-29-41-59-47-35-31-45(32-36-47)49-43-51(57-55-49)53-39-40-54(61-53)52-44-50(56-58-52)46-33-37-48(38-34-46)60-42-30-28-26-24-22-20-18-16-14-12-10-8-6-4-2/h31-40,43-44H,3-30,41-42H2,1-2H3,(H,55,57)(H,56,58).